The highest BCUT2D eigenvalue weighted by molar-refractivity contribution is 5.72. The van der Waals surface area contributed by atoms with Crippen molar-refractivity contribution in [3.8, 4) is 0 Å². The third-order valence-electron chi connectivity index (χ3n) is 2.76. The Hall–Kier alpha value is -1.39. The van der Waals surface area contributed by atoms with Crippen LogP contribution in [0.4, 0.5) is 0 Å². The zero-order chi connectivity index (χ0) is 11.9. The first-order chi connectivity index (χ1) is 8.40. The van der Waals surface area contributed by atoms with E-state index in [4.69, 9.17) is 4.42 Å². The van der Waals surface area contributed by atoms with Crippen LogP contribution in [0.3, 0.4) is 0 Å². The summed E-state index contributed by atoms with van der Waals surface area (Å²) < 4.78 is 5.27. The highest BCUT2D eigenvalue weighted by Gasteiger charge is 1.99. The summed E-state index contributed by atoms with van der Waals surface area (Å²) in [6.07, 6.45) is 3.90. The summed E-state index contributed by atoms with van der Waals surface area (Å²) in [6.45, 7) is 3.03. The first-order valence-corrected chi connectivity index (χ1v) is 6.07. The second-order valence-electron chi connectivity index (χ2n) is 4.14. The topological polar surface area (TPSA) is 50.1 Å². The first kappa shape index (κ1) is 12.1. The molecular weight excluding hydrogens is 214 g/mol. The van der Waals surface area contributed by atoms with Crippen molar-refractivity contribution < 1.29 is 4.42 Å². The predicted molar refractivity (Wildman–Crippen MR) is 68.9 cm³/mol. The number of hydrogen-bond acceptors (Lipinski definition) is 4. The van der Waals surface area contributed by atoms with Crippen molar-refractivity contribution in [2.24, 2.45) is 0 Å². The molecular formula is C13H19N3O. The number of fused-ring (bicyclic) bond motifs is 1. The molecule has 4 nitrogen and oxygen atoms in total. The molecule has 0 saturated heterocycles. The van der Waals surface area contributed by atoms with Gasteiger partial charge in [0.2, 0.25) is 0 Å². The molecule has 92 valence electrons. The van der Waals surface area contributed by atoms with E-state index in [1.54, 1.807) is 0 Å². The lowest BCUT2D eigenvalue weighted by atomic mass is 10.2. The van der Waals surface area contributed by atoms with Gasteiger partial charge in [0.15, 0.2) is 12.0 Å². The van der Waals surface area contributed by atoms with Gasteiger partial charge in [0.1, 0.15) is 5.52 Å². The minimum absolute atomic E-state index is 0.861. The number of rotatable bonds is 7. The lowest BCUT2D eigenvalue weighted by molar-refractivity contribution is 0.596. The summed E-state index contributed by atoms with van der Waals surface area (Å²) in [6, 6.07) is 6.13. The van der Waals surface area contributed by atoms with Crippen molar-refractivity contribution in [1.29, 1.82) is 0 Å². The molecule has 0 radical (unpaired) electrons. The Morgan fingerprint density at radius 3 is 3.00 bits per heavy atom. The number of nitrogens with one attached hydrogen (secondary N) is 2. The molecule has 17 heavy (non-hydrogen) atoms. The van der Waals surface area contributed by atoms with Crippen LogP contribution >= 0.6 is 0 Å². The Kier molecular flexibility index (Phi) is 4.53. The lowest BCUT2D eigenvalue weighted by Gasteiger charge is -2.04. The standard InChI is InChI=1S/C13H19N3O/c1-14-6-2-3-7-15-9-11-4-5-12-13(8-11)17-10-16-12/h4-5,8,10,14-15H,2-3,6-7,9H2,1H3. The minimum Gasteiger partial charge on any atom is -0.443 e. The van der Waals surface area contributed by atoms with Crippen LogP contribution in [0.5, 0.6) is 0 Å². The zero-order valence-corrected chi connectivity index (χ0v) is 10.2. The van der Waals surface area contributed by atoms with Crippen LogP contribution in [0.25, 0.3) is 11.1 Å². The van der Waals surface area contributed by atoms with Gasteiger partial charge in [-0.25, -0.2) is 4.98 Å². The highest BCUT2D eigenvalue weighted by Crippen LogP contribution is 2.13. The fourth-order valence-electron chi connectivity index (χ4n) is 1.79. The van der Waals surface area contributed by atoms with Gasteiger partial charge in [-0.1, -0.05) is 6.07 Å². The van der Waals surface area contributed by atoms with Gasteiger partial charge in [-0.15, -0.1) is 0 Å². The predicted octanol–water partition coefficient (Wildman–Crippen LogP) is 1.92. The van der Waals surface area contributed by atoms with Crippen LogP contribution in [-0.4, -0.2) is 25.1 Å². The molecule has 0 atom stereocenters. The summed E-state index contributed by atoms with van der Waals surface area (Å²) in [5, 5.41) is 6.57. The number of nitrogens with zero attached hydrogens (tertiary/aromatic N) is 1. The van der Waals surface area contributed by atoms with Crippen LogP contribution < -0.4 is 10.6 Å². The average molecular weight is 233 g/mol. The van der Waals surface area contributed by atoms with E-state index in [1.807, 2.05) is 19.2 Å². The quantitative estimate of drug-likeness (QED) is 0.717. The summed E-state index contributed by atoms with van der Waals surface area (Å²) >= 11 is 0. The van der Waals surface area contributed by atoms with Crippen molar-refractivity contribution in [1.82, 2.24) is 15.6 Å². The van der Waals surface area contributed by atoms with Crippen molar-refractivity contribution >= 4 is 11.1 Å². The highest BCUT2D eigenvalue weighted by atomic mass is 16.3. The third kappa shape index (κ3) is 3.54. The molecule has 0 aliphatic rings. The van der Waals surface area contributed by atoms with Gasteiger partial charge in [-0.2, -0.15) is 0 Å². The van der Waals surface area contributed by atoms with E-state index in [0.29, 0.717) is 0 Å². The maximum Gasteiger partial charge on any atom is 0.181 e. The molecule has 2 rings (SSSR count). The lowest BCUT2D eigenvalue weighted by Crippen LogP contribution is -2.16. The van der Waals surface area contributed by atoms with Crippen LogP contribution in [0.1, 0.15) is 18.4 Å². The van der Waals surface area contributed by atoms with Crippen molar-refractivity contribution in [2.75, 3.05) is 20.1 Å². The Bertz CT molecular complexity index is 453. The van der Waals surface area contributed by atoms with Gasteiger partial charge in [0.25, 0.3) is 0 Å². The maximum atomic E-state index is 5.27. The largest absolute Gasteiger partial charge is 0.443 e. The zero-order valence-electron chi connectivity index (χ0n) is 10.2. The van der Waals surface area contributed by atoms with E-state index >= 15 is 0 Å². The van der Waals surface area contributed by atoms with Crippen LogP contribution in [-0.2, 0) is 6.54 Å². The summed E-state index contributed by atoms with van der Waals surface area (Å²) in [4.78, 5) is 4.10. The molecule has 2 aromatic rings. The van der Waals surface area contributed by atoms with Crippen molar-refractivity contribution in [3.63, 3.8) is 0 Å². The second kappa shape index (κ2) is 6.37. The number of unbranched alkanes of at least 4 members (excludes halogenated alkanes) is 1. The van der Waals surface area contributed by atoms with E-state index in [9.17, 15) is 0 Å². The number of oxazole rings is 1. The maximum absolute atomic E-state index is 5.27. The molecule has 0 spiro atoms. The molecule has 2 N–H and O–H groups in total. The molecule has 0 unspecified atom stereocenters. The van der Waals surface area contributed by atoms with Gasteiger partial charge in [0, 0.05) is 6.54 Å². The van der Waals surface area contributed by atoms with Crippen LogP contribution in [0, 0.1) is 0 Å². The van der Waals surface area contributed by atoms with Gasteiger partial charge in [0.05, 0.1) is 0 Å². The molecule has 0 amide bonds. The van der Waals surface area contributed by atoms with Gasteiger partial charge in [-0.3, -0.25) is 0 Å². The number of benzene rings is 1. The molecule has 0 fully saturated rings. The summed E-state index contributed by atoms with van der Waals surface area (Å²) in [5.74, 6) is 0. The van der Waals surface area contributed by atoms with Crippen LogP contribution in [0.2, 0.25) is 0 Å². The molecule has 1 aromatic carbocycles. The fourth-order valence-corrected chi connectivity index (χ4v) is 1.79. The molecule has 1 aromatic heterocycles. The smallest absolute Gasteiger partial charge is 0.181 e. The van der Waals surface area contributed by atoms with E-state index in [1.165, 1.54) is 24.8 Å². The van der Waals surface area contributed by atoms with E-state index < -0.39 is 0 Å². The van der Waals surface area contributed by atoms with Gasteiger partial charge >= 0.3 is 0 Å². The molecule has 4 heteroatoms. The van der Waals surface area contributed by atoms with E-state index in [0.717, 1.165) is 30.7 Å². The molecule has 0 bridgehead atoms. The van der Waals surface area contributed by atoms with Gasteiger partial charge in [-0.05, 0) is 50.7 Å². The van der Waals surface area contributed by atoms with Crippen molar-refractivity contribution in [2.45, 2.75) is 19.4 Å². The van der Waals surface area contributed by atoms with Crippen LogP contribution in [0.15, 0.2) is 29.0 Å². The number of aromatic nitrogens is 1. The minimum atomic E-state index is 0.861. The molecule has 0 aliphatic carbocycles. The average Bonchev–Trinajstić information content (AvgIpc) is 2.81. The Balaban J connectivity index is 1.75. The molecule has 0 aliphatic heterocycles. The third-order valence-corrected chi connectivity index (χ3v) is 2.76. The Morgan fingerprint density at radius 2 is 2.12 bits per heavy atom. The first-order valence-electron chi connectivity index (χ1n) is 6.07. The van der Waals surface area contributed by atoms with Crippen molar-refractivity contribution in [3.05, 3.63) is 30.2 Å². The summed E-state index contributed by atoms with van der Waals surface area (Å²) in [5.41, 5.74) is 3.02. The van der Waals surface area contributed by atoms with E-state index in [2.05, 4.69) is 21.7 Å². The monoisotopic (exact) mass is 233 g/mol. The molecule has 1 heterocycles. The SMILES string of the molecule is CNCCCCNCc1ccc2ncoc2c1. The Labute approximate surface area is 101 Å². The van der Waals surface area contributed by atoms with Gasteiger partial charge < -0.3 is 15.1 Å². The van der Waals surface area contributed by atoms with E-state index in [-0.39, 0.29) is 0 Å². The Morgan fingerprint density at radius 1 is 1.24 bits per heavy atom. The molecule has 0 saturated carbocycles. The number of hydrogen-bond donors (Lipinski definition) is 2. The fraction of sp³-hybridized carbons (Fsp3) is 0.462. The second-order valence-corrected chi connectivity index (χ2v) is 4.14. The summed E-state index contributed by atoms with van der Waals surface area (Å²) in [7, 11) is 1.99. The normalized spacial score (nSPS) is 11.1.